The minimum absolute atomic E-state index is 0.0248. The minimum Gasteiger partial charge on any atom is -0.756 e. The van der Waals surface area contributed by atoms with E-state index in [1.165, 1.54) is 173 Å². The van der Waals surface area contributed by atoms with Crippen molar-refractivity contribution in [2.24, 2.45) is 0 Å². The van der Waals surface area contributed by atoms with Crippen LogP contribution in [0.25, 0.3) is 0 Å². The molecule has 0 fully saturated rings. The van der Waals surface area contributed by atoms with Crippen molar-refractivity contribution in [2.75, 3.05) is 40.9 Å². The van der Waals surface area contributed by atoms with Gasteiger partial charge in [0.1, 0.15) is 19.3 Å². The van der Waals surface area contributed by atoms with E-state index in [1.54, 1.807) is 0 Å². The fourth-order valence-corrected chi connectivity index (χ4v) is 10.7. The highest BCUT2D eigenvalue weighted by molar-refractivity contribution is 7.45. The molecule has 0 spiro atoms. The molecule has 0 rings (SSSR count). The molecule has 0 radical (unpaired) electrons. The van der Waals surface area contributed by atoms with E-state index in [-0.39, 0.29) is 24.9 Å². The number of rotatable bonds is 63. The first-order valence-corrected chi connectivity index (χ1v) is 36.4. The Morgan fingerprint density at radius 3 is 1.16 bits per heavy atom. The van der Waals surface area contributed by atoms with E-state index in [4.69, 9.17) is 13.8 Å². The Morgan fingerprint density at radius 2 is 0.771 bits per heavy atom. The number of ether oxygens (including phenoxy) is 1. The molecule has 0 aliphatic carbocycles. The van der Waals surface area contributed by atoms with Crippen molar-refractivity contribution in [3.63, 3.8) is 0 Å². The van der Waals surface area contributed by atoms with Gasteiger partial charge in [-0.2, -0.15) is 0 Å². The van der Waals surface area contributed by atoms with Crippen LogP contribution in [0.4, 0.5) is 0 Å². The number of amides is 1. The number of hydrogen-bond donors (Lipinski definition) is 1. The molecule has 1 amide bonds. The molecule has 3 atom stereocenters. The second-order valence-corrected chi connectivity index (χ2v) is 26.1. The molecule has 1 N–H and O–H groups in total. The average Bonchev–Trinajstić information content (AvgIpc) is 3.47. The van der Waals surface area contributed by atoms with Crippen LogP contribution < -0.4 is 10.2 Å². The monoisotopic (exact) mass is 1180 g/mol. The number of phosphoric ester groups is 1. The number of hydrogen-bond acceptors (Lipinski definition) is 7. The normalized spacial score (nSPS) is 14.1. The van der Waals surface area contributed by atoms with Gasteiger partial charge in [-0.3, -0.25) is 14.2 Å². The molecule has 83 heavy (non-hydrogen) atoms. The van der Waals surface area contributed by atoms with Crippen molar-refractivity contribution in [1.82, 2.24) is 5.32 Å². The quantitative estimate of drug-likeness (QED) is 0.0212. The summed E-state index contributed by atoms with van der Waals surface area (Å²) >= 11 is 0. The Balaban J connectivity index is 5.12. The summed E-state index contributed by atoms with van der Waals surface area (Å²) in [5, 5.41) is 3.04. The molecule has 3 unspecified atom stereocenters. The number of esters is 1. The second-order valence-electron chi connectivity index (χ2n) is 24.7. The van der Waals surface area contributed by atoms with Crippen molar-refractivity contribution in [3.8, 4) is 0 Å². The van der Waals surface area contributed by atoms with Crippen molar-refractivity contribution in [2.45, 2.75) is 328 Å². The van der Waals surface area contributed by atoms with E-state index in [1.807, 2.05) is 33.3 Å². The number of phosphoric acid groups is 1. The van der Waals surface area contributed by atoms with E-state index in [0.29, 0.717) is 17.4 Å². The highest BCUT2D eigenvalue weighted by Crippen LogP contribution is 2.38. The first-order valence-electron chi connectivity index (χ1n) is 34.9. The van der Waals surface area contributed by atoms with Crippen LogP contribution >= 0.6 is 7.82 Å². The second kappa shape index (κ2) is 62.2. The molecule has 0 heterocycles. The van der Waals surface area contributed by atoms with E-state index >= 15 is 0 Å². The zero-order chi connectivity index (χ0) is 60.7. The maximum Gasteiger partial charge on any atom is 0.306 e. The lowest BCUT2D eigenvalue weighted by molar-refractivity contribution is -0.870. The molecule has 0 aliphatic heterocycles. The fourth-order valence-electron chi connectivity index (χ4n) is 10.00. The van der Waals surface area contributed by atoms with Crippen LogP contribution in [0.2, 0.25) is 0 Å². The Hall–Kier alpha value is -2.81. The van der Waals surface area contributed by atoms with Gasteiger partial charge in [0.15, 0.2) is 0 Å². The van der Waals surface area contributed by atoms with Gasteiger partial charge in [-0.25, -0.2) is 0 Å². The highest BCUT2D eigenvalue weighted by atomic mass is 31.2. The first kappa shape index (κ1) is 80.2. The Labute approximate surface area is 514 Å². The Morgan fingerprint density at radius 1 is 0.434 bits per heavy atom. The number of likely N-dealkylation sites (N-methyl/N-ethyl adjacent to an activating group) is 1. The number of carbonyl (C=O) groups is 2. The molecule has 0 aliphatic rings. The SMILES string of the molecule is CC/C=C\C/C=C\C/C=C\C/C=C\C/C=C\C/C=C\CCCCCCCCCCC(=O)OC(/C=C/CCCCCCCCCCCCC)C(COP(=O)([O-])OCC[N+](C)(C)C)NC(=O)CCCCCCCCCCCCCCCCCCC. The molecule has 0 aromatic heterocycles. The van der Waals surface area contributed by atoms with E-state index in [0.717, 1.165) is 109 Å². The van der Waals surface area contributed by atoms with Gasteiger partial charge in [-0.05, 0) is 83.1 Å². The topological polar surface area (TPSA) is 114 Å². The molecular weight excluding hydrogens is 1050 g/mol. The maximum atomic E-state index is 13.6. The van der Waals surface area contributed by atoms with E-state index in [9.17, 15) is 19.0 Å². The smallest absolute Gasteiger partial charge is 0.306 e. The molecule has 9 nitrogen and oxygen atoms in total. The van der Waals surface area contributed by atoms with Crippen LogP contribution in [-0.2, 0) is 27.9 Å². The number of allylic oxidation sites excluding steroid dienone is 13. The van der Waals surface area contributed by atoms with Gasteiger partial charge in [0.05, 0.1) is 33.8 Å². The predicted molar refractivity (Wildman–Crippen MR) is 358 cm³/mol. The molecule has 0 saturated heterocycles. The van der Waals surface area contributed by atoms with Crippen molar-refractivity contribution in [1.29, 1.82) is 0 Å². The van der Waals surface area contributed by atoms with Gasteiger partial charge in [0.2, 0.25) is 5.91 Å². The zero-order valence-electron chi connectivity index (χ0n) is 55.1. The molecule has 0 saturated carbocycles. The van der Waals surface area contributed by atoms with Crippen LogP contribution in [0.3, 0.4) is 0 Å². The summed E-state index contributed by atoms with van der Waals surface area (Å²) in [4.78, 5) is 40.2. The minimum atomic E-state index is -4.71. The zero-order valence-corrected chi connectivity index (χ0v) is 56.0. The van der Waals surface area contributed by atoms with E-state index in [2.05, 4.69) is 99.0 Å². The Bertz CT molecular complexity index is 1700. The average molecular weight is 1180 g/mol. The van der Waals surface area contributed by atoms with Crippen molar-refractivity contribution < 1.29 is 37.3 Å². The third-order valence-electron chi connectivity index (χ3n) is 15.3. The third kappa shape index (κ3) is 63.5. The van der Waals surface area contributed by atoms with Gasteiger partial charge >= 0.3 is 5.97 Å². The summed E-state index contributed by atoms with van der Waals surface area (Å²) in [6.45, 7) is 6.76. The highest BCUT2D eigenvalue weighted by Gasteiger charge is 2.27. The van der Waals surface area contributed by atoms with Gasteiger partial charge < -0.3 is 28.5 Å². The summed E-state index contributed by atoms with van der Waals surface area (Å²) in [5.74, 6) is -0.541. The van der Waals surface area contributed by atoms with Crippen molar-refractivity contribution in [3.05, 3.63) is 85.1 Å². The summed E-state index contributed by atoms with van der Waals surface area (Å²) in [5.41, 5.74) is 0. The standard InChI is InChI=1S/C73H133N2O7P/c1-7-10-13-16-19-22-25-28-30-32-33-34-35-36-37-38-39-40-41-43-45-48-51-54-57-60-63-66-73(77)82-71(64-61-58-55-52-49-46-27-24-21-18-15-12-9-3)70(69-81-83(78,79)80-68-67-75(4,5)6)74-72(76)65-62-59-56-53-50-47-44-42-31-29-26-23-20-17-14-11-8-2/h10,13,19,22,28,30,33-34,36-37,39-40,61,64,70-71H,7-9,11-12,14-18,20-21,23-27,29,31-32,35,38,41-60,62-63,65-69H2,1-6H3,(H-,74,76,78,79)/b13-10-,22-19-,30-28-,34-33-,37-36-,40-39-,64-61+. The van der Waals surface area contributed by atoms with Crippen LogP contribution in [0.15, 0.2) is 85.1 Å². The first-order chi connectivity index (χ1) is 40.4. The molecule has 482 valence electrons. The van der Waals surface area contributed by atoms with Crippen LogP contribution in [-0.4, -0.2) is 69.4 Å². The lowest BCUT2D eigenvalue weighted by Gasteiger charge is -2.30. The predicted octanol–water partition coefficient (Wildman–Crippen LogP) is 21.5. The molecule has 0 bridgehead atoms. The van der Waals surface area contributed by atoms with Crippen LogP contribution in [0.5, 0.6) is 0 Å². The van der Waals surface area contributed by atoms with E-state index < -0.39 is 26.6 Å². The lowest BCUT2D eigenvalue weighted by Crippen LogP contribution is -2.47. The largest absolute Gasteiger partial charge is 0.756 e. The lowest BCUT2D eigenvalue weighted by atomic mass is 10.0. The Kier molecular flexibility index (Phi) is 60.1. The fraction of sp³-hybridized carbons (Fsp3) is 0.781. The maximum absolute atomic E-state index is 13.6. The molecule has 10 heteroatoms. The number of carbonyl (C=O) groups excluding carboxylic acids is 2. The molecule has 0 aromatic rings. The van der Waals surface area contributed by atoms with Crippen molar-refractivity contribution >= 4 is 19.7 Å². The summed E-state index contributed by atoms with van der Waals surface area (Å²) in [6, 6.07) is -0.894. The van der Waals surface area contributed by atoms with Crippen LogP contribution in [0, 0.1) is 0 Å². The number of nitrogens with zero attached hydrogens (tertiary/aromatic N) is 1. The van der Waals surface area contributed by atoms with Crippen LogP contribution in [0.1, 0.15) is 316 Å². The third-order valence-corrected chi connectivity index (χ3v) is 16.3. The molecule has 0 aromatic carbocycles. The molecular formula is C73H133N2O7P. The summed E-state index contributed by atoms with van der Waals surface area (Å²) < 4.78 is 30.4. The number of nitrogens with one attached hydrogen (secondary N) is 1. The summed E-state index contributed by atoms with van der Waals surface area (Å²) in [6.07, 6.45) is 82.7. The van der Waals surface area contributed by atoms with Gasteiger partial charge in [-0.1, -0.05) is 305 Å². The van der Waals surface area contributed by atoms with Gasteiger partial charge in [0, 0.05) is 12.8 Å². The number of unbranched alkanes of at least 4 members (excludes halogenated alkanes) is 35. The van der Waals surface area contributed by atoms with Gasteiger partial charge in [0.25, 0.3) is 7.82 Å². The number of quaternary nitrogens is 1. The summed E-state index contributed by atoms with van der Waals surface area (Å²) in [7, 11) is 1.18. The van der Waals surface area contributed by atoms with Gasteiger partial charge in [-0.15, -0.1) is 0 Å².